The van der Waals surface area contributed by atoms with Crippen molar-refractivity contribution in [2.75, 3.05) is 18.7 Å². The molecule has 156 valence electrons. The van der Waals surface area contributed by atoms with Crippen LogP contribution in [0.5, 0.6) is 11.5 Å². The topological polar surface area (TPSA) is 97.0 Å². The summed E-state index contributed by atoms with van der Waals surface area (Å²) in [6, 6.07) is 10.5. The smallest absolute Gasteiger partial charge is 0.325 e. The van der Waals surface area contributed by atoms with E-state index < -0.39 is 23.4 Å². The Labute approximate surface area is 174 Å². The molecule has 8 heteroatoms. The molecule has 2 aliphatic heterocycles. The predicted octanol–water partition coefficient (Wildman–Crippen LogP) is 2.52. The van der Waals surface area contributed by atoms with E-state index in [-0.39, 0.29) is 19.8 Å². The average molecular weight is 409 g/mol. The first kappa shape index (κ1) is 19.8. The molecule has 0 aromatic heterocycles. The number of ether oxygens (including phenoxy) is 2. The van der Waals surface area contributed by atoms with Gasteiger partial charge in [-0.25, -0.2) is 4.79 Å². The number of imide groups is 1. The number of carbonyl (C=O) groups excluding carboxylic acids is 3. The standard InChI is InChI=1S/C22H23N3O5/c1-13-4-5-14(2)16(8-13)23-19(26)11-25-20(27)22(3,24-21(25)28)10-15-6-7-17-18(9-15)30-12-29-17/h4-9H,10-12H2,1-3H3,(H,23,26)(H,24,28)/t22-/m0/s1. The molecule has 2 aromatic carbocycles. The second kappa shape index (κ2) is 7.37. The molecular formula is C22H23N3O5. The lowest BCUT2D eigenvalue weighted by Gasteiger charge is -2.22. The van der Waals surface area contributed by atoms with E-state index in [4.69, 9.17) is 9.47 Å². The van der Waals surface area contributed by atoms with Gasteiger partial charge in [-0.1, -0.05) is 18.2 Å². The van der Waals surface area contributed by atoms with Crippen LogP contribution in [0.2, 0.25) is 0 Å². The largest absolute Gasteiger partial charge is 0.454 e. The van der Waals surface area contributed by atoms with Crippen LogP contribution in [0.1, 0.15) is 23.6 Å². The summed E-state index contributed by atoms with van der Waals surface area (Å²) in [5.74, 6) is 0.383. The third-order valence-electron chi connectivity index (χ3n) is 5.31. The number of amides is 4. The highest BCUT2D eigenvalue weighted by molar-refractivity contribution is 6.10. The fourth-order valence-corrected chi connectivity index (χ4v) is 3.67. The summed E-state index contributed by atoms with van der Waals surface area (Å²) in [6.45, 7) is 5.27. The van der Waals surface area contributed by atoms with Crippen molar-refractivity contribution in [2.24, 2.45) is 0 Å². The Bertz CT molecular complexity index is 1050. The normalized spacial score (nSPS) is 19.8. The zero-order valence-corrected chi connectivity index (χ0v) is 17.1. The Morgan fingerprint density at radius 2 is 1.90 bits per heavy atom. The monoisotopic (exact) mass is 409 g/mol. The van der Waals surface area contributed by atoms with E-state index in [0.717, 1.165) is 21.6 Å². The molecule has 0 spiro atoms. The molecule has 1 fully saturated rings. The maximum absolute atomic E-state index is 13.0. The van der Waals surface area contributed by atoms with Crippen LogP contribution in [0.4, 0.5) is 10.5 Å². The second-order valence-electron chi connectivity index (χ2n) is 7.88. The van der Waals surface area contributed by atoms with Crippen LogP contribution in [-0.4, -0.2) is 41.6 Å². The predicted molar refractivity (Wildman–Crippen MR) is 109 cm³/mol. The third-order valence-corrected chi connectivity index (χ3v) is 5.31. The molecule has 0 radical (unpaired) electrons. The van der Waals surface area contributed by atoms with Crippen LogP contribution in [0.3, 0.4) is 0 Å². The van der Waals surface area contributed by atoms with Crippen molar-refractivity contribution in [3.05, 3.63) is 53.1 Å². The number of benzene rings is 2. The zero-order chi connectivity index (χ0) is 21.5. The van der Waals surface area contributed by atoms with Crippen LogP contribution in [0.25, 0.3) is 0 Å². The highest BCUT2D eigenvalue weighted by Gasteiger charge is 2.48. The number of carbonyl (C=O) groups is 3. The molecule has 30 heavy (non-hydrogen) atoms. The van der Waals surface area contributed by atoms with Crippen molar-refractivity contribution in [3.63, 3.8) is 0 Å². The molecule has 8 nitrogen and oxygen atoms in total. The zero-order valence-electron chi connectivity index (χ0n) is 17.1. The van der Waals surface area contributed by atoms with Crippen LogP contribution < -0.4 is 20.1 Å². The number of hydrogen-bond acceptors (Lipinski definition) is 5. The van der Waals surface area contributed by atoms with E-state index in [9.17, 15) is 14.4 Å². The van der Waals surface area contributed by atoms with Gasteiger partial charge in [0.1, 0.15) is 12.1 Å². The minimum Gasteiger partial charge on any atom is -0.454 e. The molecule has 2 aliphatic rings. The van der Waals surface area contributed by atoms with Gasteiger partial charge in [-0.2, -0.15) is 0 Å². The lowest BCUT2D eigenvalue weighted by atomic mass is 9.92. The van der Waals surface area contributed by atoms with E-state index in [1.165, 1.54) is 0 Å². The van der Waals surface area contributed by atoms with E-state index in [0.29, 0.717) is 17.2 Å². The number of aryl methyl sites for hydroxylation is 2. The third kappa shape index (κ3) is 3.68. The molecular weight excluding hydrogens is 386 g/mol. The fourth-order valence-electron chi connectivity index (χ4n) is 3.67. The van der Waals surface area contributed by atoms with Crippen molar-refractivity contribution in [3.8, 4) is 11.5 Å². The Kier molecular flexibility index (Phi) is 4.85. The maximum atomic E-state index is 13.0. The minimum absolute atomic E-state index is 0.162. The summed E-state index contributed by atoms with van der Waals surface area (Å²) in [4.78, 5) is 38.9. The molecule has 0 bridgehead atoms. The van der Waals surface area contributed by atoms with Gasteiger partial charge in [0.15, 0.2) is 11.5 Å². The van der Waals surface area contributed by atoms with Crippen LogP contribution in [-0.2, 0) is 16.0 Å². The highest BCUT2D eigenvalue weighted by atomic mass is 16.7. The molecule has 0 unspecified atom stereocenters. The molecule has 0 saturated carbocycles. The quantitative estimate of drug-likeness (QED) is 0.740. The SMILES string of the molecule is Cc1ccc(C)c(NC(=O)CN2C(=O)N[C@@](C)(Cc3ccc4c(c3)OCO4)C2=O)c1. The maximum Gasteiger partial charge on any atom is 0.325 e. The van der Waals surface area contributed by atoms with Gasteiger partial charge < -0.3 is 20.1 Å². The Morgan fingerprint density at radius 3 is 2.70 bits per heavy atom. The van der Waals surface area contributed by atoms with Gasteiger partial charge in [-0.15, -0.1) is 0 Å². The summed E-state index contributed by atoms with van der Waals surface area (Å²) < 4.78 is 10.7. The summed E-state index contributed by atoms with van der Waals surface area (Å²) in [6.07, 6.45) is 0.267. The first-order valence-electron chi connectivity index (χ1n) is 9.65. The molecule has 2 aromatic rings. The molecule has 2 N–H and O–H groups in total. The molecule has 4 rings (SSSR count). The van der Waals surface area contributed by atoms with Crippen molar-refractivity contribution in [2.45, 2.75) is 32.7 Å². The summed E-state index contributed by atoms with van der Waals surface area (Å²) in [5, 5.41) is 5.50. The van der Waals surface area contributed by atoms with E-state index in [2.05, 4.69) is 10.6 Å². The molecule has 1 atom stereocenters. The lowest BCUT2D eigenvalue weighted by Crippen LogP contribution is -2.46. The summed E-state index contributed by atoms with van der Waals surface area (Å²) >= 11 is 0. The molecule has 2 heterocycles. The van der Waals surface area contributed by atoms with Gasteiger partial charge in [-0.05, 0) is 55.7 Å². The van der Waals surface area contributed by atoms with Crippen molar-refractivity contribution >= 4 is 23.5 Å². The summed E-state index contributed by atoms with van der Waals surface area (Å²) in [5.41, 5.74) is 2.23. The van der Waals surface area contributed by atoms with Gasteiger partial charge in [0.05, 0.1) is 0 Å². The van der Waals surface area contributed by atoms with Gasteiger partial charge in [0.25, 0.3) is 5.91 Å². The number of hydrogen-bond donors (Lipinski definition) is 2. The Morgan fingerprint density at radius 1 is 1.13 bits per heavy atom. The molecule has 4 amide bonds. The highest BCUT2D eigenvalue weighted by Crippen LogP contribution is 2.34. The fraction of sp³-hybridized carbons (Fsp3) is 0.318. The number of fused-ring (bicyclic) bond motifs is 1. The number of anilines is 1. The van der Waals surface area contributed by atoms with Crippen LogP contribution in [0, 0.1) is 13.8 Å². The average Bonchev–Trinajstić information content (AvgIpc) is 3.23. The van der Waals surface area contributed by atoms with Gasteiger partial charge in [0, 0.05) is 12.1 Å². The number of urea groups is 1. The molecule has 1 saturated heterocycles. The van der Waals surface area contributed by atoms with Crippen molar-refractivity contribution in [1.82, 2.24) is 10.2 Å². The second-order valence-corrected chi connectivity index (χ2v) is 7.88. The lowest BCUT2D eigenvalue weighted by molar-refractivity contribution is -0.133. The Balaban J connectivity index is 1.45. The van der Waals surface area contributed by atoms with E-state index in [1.54, 1.807) is 19.1 Å². The number of rotatable bonds is 5. The van der Waals surface area contributed by atoms with Gasteiger partial charge in [-0.3, -0.25) is 14.5 Å². The van der Waals surface area contributed by atoms with Crippen molar-refractivity contribution < 1.29 is 23.9 Å². The number of nitrogens with zero attached hydrogens (tertiary/aromatic N) is 1. The van der Waals surface area contributed by atoms with Gasteiger partial charge in [0.2, 0.25) is 12.7 Å². The van der Waals surface area contributed by atoms with Crippen LogP contribution >= 0.6 is 0 Å². The summed E-state index contributed by atoms with van der Waals surface area (Å²) in [7, 11) is 0. The number of nitrogens with one attached hydrogen (secondary N) is 2. The first-order valence-corrected chi connectivity index (χ1v) is 9.65. The van der Waals surface area contributed by atoms with Gasteiger partial charge >= 0.3 is 6.03 Å². The Hall–Kier alpha value is -3.55. The van der Waals surface area contributed by atoms with Crippen molar-refractivity contribution in [1.29, 1.82) is 0 Å². The van der Waals surface area contributed by atoms with E-state index >= 15 is 0 Å². The van der Waals surface area contributed by atoms with Crippen LogP contribution in [0.15, 0.2) is 36.4 Å². The van der Waals surface area contributed by atoms with E-state index in [1.807, 2.05) is 38.1 Å². The first-order chi connectivity index (χ1) is 14.2. The minimum atomic E-state index is -1.15. The molecule has 0 aliphatic carbocycles.